The molecule has 0 bridgehead atoms. The van der Waals surface area contributed by atoms with E-state index in [-0.39, 0.29) is 40.4 Å². The van der Waals surface area contributed by atoms with Crippen LogP contribution in [0.4, 0.5) is 20.6 Å². The summed E-state index contributed by atoms with van der Waals surface area (Å²) in [6, 6.07) is 6.36. The summed E-state index contributed by atoms with van der Waals surface area (Å²) in [4.78, 5) is 36.9. The van der Waals surface area contributed by atoms with E-state index in [9.17, 15) is 19.1 Å². The average Bonchev–Trinajstić information content (AvgIpc) is 2.88. The molecule has 1 aliphatic carbocycles. The van der Waals surface area contributed by atoms with Gasteiger partial charge in [-0.2, -0.15) is 0 Å². The summed E-state index contributed by atoms with van der Waals surface area (Å²) in [5.41, 5.74) is 9.14. The van der Waals surface area contributed by atoms with Crippen molar-refractivity contribution in [2.75, 3.05) is 29.9 Å². The zero-order valence-electron chi connectivity index (χ0n) is 21.6. The molecule has 10 heteroatoms. The summed E-state index contributed by atoms with van der Waals surface area (Å²) < 4.78 is 15.0. The molecule has 2 aliphatic rings. The third-order valence-electron chi connectivity index (χ3n) is 7.78. The maximum atomic E-state index is 15.0. The molecule has 1 unspecified atom stereocenters. The van der Waals surface area contributed by atoms with Gasteiger partial charge in [0.05, 0.1) is 34.8 Å². The van der Waals surface area contributed by atoms with Gasteiger partial charge in [-0.3, -0.25) is 14.8 Å². The second-order valence-electron chi connectivity index (χ2n) is 10.6. The second kappa shape index (κ2) is 10.5. The van der Waals surface area contributed by atoms with Crippen molar-refractivity contribution in [2.45, 2.75) is 51.1 Å². The molecule has 4 atom stereocenters. The number of piperazine rings is 1. The van der Waals surface area contributed by atoms with E-state index >= 15 is 0 Å². The van der Waals surface area contributed by atoms with E-state index in [1.54, 1.807) is 24.7 Å². The lowest BCUT2D eigenvalue weighted by Crippen LogP contribution is -2.53. The summed E-state index contributed by atoms with van der Waals surface area (Å²) in [5.74, 6) is -0.146. The van der Waals surface area contributed by atoms with Crippen molar-refractivity contribution in [1.82, 2.24) is 14.9 Å². The summed E-state index contributed by atoms with van der Waals surface area (Å²) in [5, 5.41) is 12.5. The Balaban J connectivity index is 1.41. The van der Waals surface area contributed by atoms with Crippen molar-refractivity contribution < 1.29 is 19.1 Å². The first kappa shape index (κ1) is 25.8. The monoisotopic (exact) mass is 520 g/mol. The maximum absolute atomic E-state index is 15.0. The van der Waals surface area contributed by atoms with Crippen LogP contribution in [-0.2, 0) is 0 Å². The van der Waals surface area contributed by atoms with Gasteiger partial charge in [0.2, 0.25) is 0 Å². The van der Waals surface area contributed by atoms with E-state index in [1.165, 1.54) is 17.0 Å². The van der Waals surface area contributed by atoms with Crippen LogP contribution in [0.1, 0.15) is 54.9 Å². The first-order chi connectivity index (χ1) is 18.2. The number of carbonyl (C=O) groups is 2. The van der Waals surface area contributed by atoms with Crippen molar-refractivity contribution in [1.29, 1.82) is 0 Å². The predicted octanol–water partition coefficient (Wildman–Crippen LogP) is 4.44. The Bertz CT molecular complexity index is 1360. The van der Waals surface area contributed by atoms with E-state index < -0.39 is 11.9 Å². The van der Waals surface area contributed by atoms with Gasteiger partial charge in [-0.05, 0) is 67.9 Å². The number of hydrogen-bond acceptors (Lipinski definition) is 6. The number of aromatic nitrogens is 2. The first-order valence-corrected chi connectivity index (χ1v) is 13.0. The van der Waals surface area contributed by atoms with Crippen LogP contribution in [0.15, 0.2) is 42.9 Å². The molecule has 38 heavy (non-hydrogen) atoms. The molecule has 1 saturated carbocycles. The van der Waals surface area contributed by atoms with Gasteiger partial charge < -0.3 is 26.0 Å². The van der Waals surface area contributed by atoms with Gasteiger partial charge in [0.15, 0.2) is 0 Å². The van der Waals surface area contributed by atoms with Gasteiger partial charge in [-0.15, -0.1) is 0 Å². The molecule has 2 fully saturated rings. The van der Waals surface area contributed by atoms with Crippen LogP contribution in [0.2, 0.25) is 0 Å². The summed E-state index contributed by atoms with van der Waals surface area (Å²) in [6.07, 6.45) is 6.87. The summed E-state index contributed by atoms with van der Waals surface area (Å²) in [6.45, 7) is 5.28. The molecule has 3 aromatic rings. The van der Waals surface area contributed by atoms with Crippen molar-refractivity contribution >= 4 is 34.3 Å². The average molecular weight is 521 g/mol. The third kappa shape index (κ3) is 5.13. The number of nitrogens with one attached hydrogen (secondary N) is 1. The lowest BCUT2D eigenvalue weighted by atomic mass is 9.76. The Labute approximate surface area is 220 Å². The summed E-state index contributed by atoms with van der Waals surface area (Å²) >= 11 is 0. The van der Waals surface area contributed by atoms with E-state index in [0.29, 0.717) is 36.9 Å². The van der Waals surface area contributed by atoms with E-state index in [1.807, 2.05) is 17.9 Å². The standard InChI is InChI=1S/C28H33FN6O3/c1-16-9-18(11-19(30)10-16)21-5-6-31-14-25(21)33-27(36)22-3-4-24(29)23-12-20(13-32-26(22)23)35-8-7-34(28(37)38)15-17(35)2/h3-6,12-14,16-19H,7-11,15,30H2,1-2H3,(H,33,36)(H,37,38)/t16-,17?,18+,19-/m0/s1. The molecule has 200 valence electrons. The number of pyridine rings is 2. The minimum absolute atomic E-state index is 0.103. The van der Waals surface area contributed by atoms with Crippen LogP contribution in [0.25, 0.3) is 10.9 Å². The number of amides is 2. The maximum Gasteiger partial charge on any atom is 0.407 e. The van der Waals surface area contributed by atoms with E-state index in [2.05, 4.69) is 22.2 Å². The van der Waals surface area contributed by atoms with Gasteiger partial charge in [0, 0.05) is 43.3 Å². The molecular weight excluding hydrogens is 487 g/mol. The van der Waals surface area contributed by atoms with Crippen molar-refractivity contribution in [3.05, 3.63) is 59.8 Å². The van der Waals surface area contributed by atoms with Crippen molar-refractivity contribution in [3.8, 4) is 0 Å². The normalized spacial score (nSPS) is 23.9. The molecule has 4 N–H and O–H groups in total. The van der Waals surface area contributed by atoms with Gasteiger partial charge in [-0.25, -0.2) is 9.18 Å². The zero-order valence-corrected chi connectivity index (χ0v) is 21.6. The topological polar surface area (TPSA) is 125 Å². The number of nitrogens with two attached hydrogens (primary N) is 1. The minimum atomic E-state index is -0.951. The highest BCUT2D eigenvalue weighted by atomic mass is 19.1. The lowest BCUT2D eigenvalue weighted by molar-refractivity contribution is 0.102. The Morgan fingerprint density at radius 3 is 2.68 bits per heavy atom. The number of rotatable bonds is 4. The van der Waals surface area contributed by atoms with Gasteiger partial charge >= 0.3 is 6.09 Å². The number of carbonyl (C=O) groups excluding carboxylic acids is 1. The predicted molar refractivity (Wildman–Crippen MR) is 144 cm³/mol. The minimum Gasteiger partial charge on any atom is -0.465 e. The van der Waals surface area contributed by atoms with Crippen molar-refractivity contribution in [2.24, 2.45) is 11.7 Å². The van der Waals surface area contributed by atoms with Crippen LogP contribution < -0.4 is 16.0 Å². The fourth-order valence-corrected chi connectivity index (χ4v) is 6.00. The number of benzene rings is 1. The third-order valence-corrected chi connectivity index (χ3v) is 7.78. The number of halogens is 1. The van der Waals surface area contributed by atoms with Crippen LogP contribution in [0.5, 0.6) is 0 Å². The van der Waals surface area contributed by atoms with Crippen LogP contribution >= 0.6 is 0 Å². The largest absolute Gasteiger partial charge is 0.465 e. The highest BCUT2D eigenvalue weighted by Crippen LogP contribution is 2.38. The Morgan fingerprint density at radius 2 is 1.95 bits per heavy atom. The molecule has 1 saturated heterocycles. The highest BCUT2D eigenvalue weighted by molar-refractivity contribution is 6.12. The van der Waals surface area contributed by atoms with Gasteiger partial charge in [0.1, 0.15) is 5.82 Å². The van der Waals surface area contributed by atoms with Crippen LogP contribution in [0.3, 0.4) is 0 Å². The van der Waals surface area contributed by atoms with Crippen LogP contribution in [-0.4, -0.2) is 63.7 Å². The SMILES string of the molecule is CC1CN(C(=O)O)CCN1c1cnc2c(C(=O)Nc3cnccc3[C@@H]3C[C@H](C)C[C@H](N)C3)ccc(F)c2c1. The summed E-state index contributed by atoms with van der Waals surface area (Å²) in [7, 11) is 0. The first-order valence-electron chi connectivity index (χ1n) is 13.0. The molecule has 0 spiro atoms. The van der Waals surface area contributed by atoms with Gasteiger partial charge in [-0.1, -0.05) is 6.92 Å². The number of anilines is 2. The lowest BCUT2D eigenvalue weighted by Gasteiger charge is -2.40. The Morgan fingerprint density at radius 1 is 1.13 bits per heavy atom. The smallest absolute Gasteiger partial charge is 0.407 e. The molecule has 3 heterocycles. The van der Waals surface area contributed by atoms with Crippen molar-refractivity contribution in [3.63, 3.8) is 0 Å². The second-order valence-corrected chi connectivity index (χ2v) is 10.6. The highest BCUT2D eigenvalue weighted by Gasteiger charge is 2.29. The molecule has 0 radical (unpaired) electrons. The Kier molecular flexibility index (Phi) is 7.16. The molecule has 9 nitrogen and oxygen atoms in total. The molecule has 2 aromatic heterocycles. The Hall–Kier alpha value is -3.79. The fourth-order valence-electron chi connectivity index (χ4n) is 6.00. The molecule has 5 rings (SSSR count). The molecular formula is C28H33FN6O3. The number of carboxylic acid groups (broad SMARTS) is 1. The number of fused-ring (bicyclic) bond motifs is 1. The van der Waals surface area contributed by atoms with Gasteiger partial charge in [0.25, 0.3) is 5.91 Å². The fraction of sp³-hybridized carbons (Fsp3) is 0.429. The molecule has 2 amide bonds. The van der Waals surface area contributed by atoms with E-state index in [4.69, 9.17) is 5.73 Å². The number of nitrogens with zero attached hydrogens (tertiary/aromatic N) is 4. The quantitative estimate of drug-likeness (QED) is 0.464. The zero-order chi connectivity index (χ0) is 27.0. The van der Waals surface area contributed by atoms with E-state index in [0.717, 1.165) is 24.8 Å². The molecule has 1 aromatic carbocycles. The molecule has 1 aliphatic heterocycles. The van der Waals surface area contributed by atoms with Crippen LogP contribution in [0, 0.1) is 11.7 Å². The number of hydrogen-bond donors (Lipinski definition) is 3.